The van der Waals surface area contributed by atoms with Gasteiger partial charge < -0.3 is 4.90 Å². The van der Waals surface area contributed by atoms with E-state index in [1.165, 1.54) is 13.1 Å². The standard InChI is InChI=1S/C3H7N.C2H6/c1-4-2-3-4;1-2/h2-3H2,1H3;1-2H3. The monoisotopic (exact) mass is 87.1 g/mol. The van der Waals surface area contributed by atoms with Gasteiger partial charge in [0, 0.05) is 13.1 Å². The molecule has 0 N–H and O–H groups in total. The van der Waals surface area contributed by atoms with Gasteiger partial charge in [0.05, 0.1) is 0 Å². The summed E-state index contributed by atoms with van der Waals surface area (Å²) >= 11 is 0. The first-order valence-electron chi connectivity index (χ1n) is 2.58. The van der Waals surface area contributed by atoms with Gasteiger partial charge in [-0.05, 0) is 7.05 Å². The van der Waals surface area contributed by atoms with Crippen LogP contribution in [0.25, 0.3) is 0 Å². The Hall–Kier alpha value is -0.0400. The molecular formula is C5H13N. The molecule has 0 bridgehead atoms. The fraction of sp³-hybridized carbons (Fsp3) is 1.00. The van der Waals surface area contributed by atoms with Crippen molar-refractivity contribution in [3.63, 3.8) is 0 Å². The van der Waals surface area contributed by atoms with Crippen molar-refractivity contribution in [2.45, 2.75) is 13.8 Å². The molecule has 0 aromatic heterocycles. The average Bonchev–Trinajstić information content (AvgIpc) is 2.30. The molecule has 38 valence electrons. The lowest BCUT2D eigenvalue weighted by Crippen LogP contribution is -1.75. The van der Waals surface area contributed by atoms with Gasteiger partial charge in [0.2, 0.25) is 0 Å². The highest BCUT2D eigenvalue weighted by molar-refractivity contribution is 4.64. The lowest BCUT2D eigenvalue weighted by atomic mass is 11.0. The van der Waals surface area contributed by atoms with E-state index < -0.39 is 0 Å². The molecule has 0 aromatic rings. The summed E-state index contributed by atoms with van der Waals surface area (Å²) < 4.78 is 0. The van der Waals surface area contributed by atoms with E-state index in [9.17, 15) is 0 Å². The van der Waals surface area contributed by atoms with Crippen molar-refractivity contribution in [1.82, 2.24) is 4.90 Å². The Bertz CT molecular complexity index is 23.1. The van der Waals surface area contributed by atoms with E-state index >= 15 is 0 Å². The van der Waals surface area contributed by atoms with Gasteiger partial charge in [0.15, 0.2) is 0 Å². The average molecular weight is 87.2 g/mol. The van der Waals surface area contributed by atoms with Crippen molar-refractivity contribution in [3.05, 3.63) is 0 Å². The minimum Gasteiger partial charge on any atom is -0.304 e. The summed E-state index contributed by atoms with van der Waals surface area (Å²) in [6.45, 7) is 6.64. The van der Waals surface area contributed by atoms with Gasteiger partial charge in [-0.15, -0.1) is 0 Å². The molecule has 0 aromatic carbocycles. The number of nitrogens with zero attached hydrogens (tertiary/aromatic N) is 1. The number of likely N-dealkylation sites (N-methyl/N-ethyl adjacent to an activating group) is 1. The molecule has 1 aliphatic heterocycles. The zero-order valence-corrected chi connectivity index (χ0v) is 4.86. The Morgan fingerprint density at radius 3 is 1.33 bits per heavy atom. The SMILES string of the molecule is CC.CN1CC1. The first-order valence-corrected chi connectivity index (χ1v) is 2.58. The molecule has 0 saturated carbocycles. The molecule has 0 radical (unpaired) electrons. The van der Waals surface area contributed by atoms with Gasteiger partial charge in [0.1, 0.15) is 0 Å². The van der Waals surface area contributed by atoms with Crippen LogP contribution >= 0.6 is 0 Å². The molecule has 0 atom stereocenters. The predicted octanol–water partition coefficient (Wildman–Crippen LogP) is 0.958. The molecule has 1 rings (SSSR count). The fourth-order valence-corrected chi connectivity index (χ4v) is 0.1000. The van der Waals surface area contributed by atoms with Crippen LogP contribution in [0.4, 0.5) is 0 Å². The Labute approximate surface area is 40.0 Å². The zero-order valence-electron chi connectivity index (χ0n) is 4.86. The molecule has 1 fully saturated rings. The van der Waals surface area contributed by atoms with Crippen LogP contribution in [0.3, 0.4) is 0 Å². The van der Waals surface area contributed by atoms with Crippen LogP contribution in [0.1, 0.15) is 13.8 Å². The summed E-state index contributed by atoms with van der Waals surface area (Å²) in [5.41, 5.74) is 0. The molecule has 0 amide bonds. The summed E-state index contributed by atoms with van der Waals surface area (Å²) in [6, 6.07) is 0. The molecular weight excluding hydrogens is 74.1 g/mol. The van der Waals surface area contributed by atoms with E-state index in [4.69, 9.17) is 0 Å². The van der Waals surface area contributed by atoms with Gasteiger partial charge >= 0.3 is 0 Å². The second-order valence-electron chi connectivity index (χ2n) is 1.30. The van der Waals surface area contributed by atoms with E-state index in [1.807, 2.05) is 13.8 Å². The van der Waals surface area contributed by atoms with Crippen LogP contribution in [0.2, 0.25) is 0 Å². The maximum absolute atomic E-state index is 2.25. The van der Waals surface area contributed by atoms with Gasteiger partial charge in [0.25, 0.3) is 0 Å². The second-order valence-corrected chi connectivity index (χ2v) is 1.30. The largest absolute Gasteiger partial charge is 0.304 e. The van der Waals surface area contributed by atoms with E-state index in [1.54, 1.807) is 0 Å². The topological polar surface area (TPSA) is 3.01 Å². The molecule has 1 saturated heterocycles. The molecule has 0 unspecified atom stereocenters. The molecule has 1 nitrogen and oxygen atoms in total. The van der Waals surface area contributed by atoms with Crippen LogP contribution in [-0.2, 0) is 0 Å². The van der Waals surface area contributed by atoms with Crippen molar-refractivity contribution < 1.29 is 0 Å². The first-order chi connectivity index (χ1) is 2.89. The summed E-state index contributed by atoms with van der Waals surface area (Å²) in [5.74, 6) is 0. The van der Waals surface area contributed by atoms with Crippen LogP contribution in [0.15, 0.2) is 0 Å². The predicted molar refractivity (Wildman–Crippen MR) is 28.8 cm³/mol. The van der Waals surface area contributed by atoms with Gasteiger partial charge in [-0.25, -0.2) is 0 Å². The highest BCUT2D eigenvalue weighted by Crippen LogP contribution is 1.93. The maximum Gasteiger partial charge on any atom is 0.0107 e. The summed E-state index contributed by atoms with van der Waals surface area (Å²) in [6.07, 6.45) is 0. The fourth-order valence-electron chi connectivity index (χ4n) is 0.1000. The first kappa shape index (κ1) is 5.96. The lowest BCUT2D eigenvalue weighted by molar-refractivity contribution is 0.698. The third kappa shape index (κ3) is 3.96. The lowest BCUT2D eigenvalue weighted by Gasteiger charge is -1.66. The molecule has 0 spiro atoms. The zero-order chi connectivity index (χ0) is 4.99. The third-order valence-electron chi connectivity index (χ3n) is 0.671. The van der Waals surface area contributed by atoms with Crippen molar-refractivity contribution in [2.24, 2.45) is 0 Å². The highest BCUT2D eigenvalue weighted by Gasteiger charge is 2.07. The smallest absolute Gasteiger partial charge is 0.0107 e. The van der Waals surface area contributed by atoms with Crippen molar-refractivity contribution in [3.8, 4) is 0 Å². The summed E-state index contributed by atoms with van der Waals surface area (Å²) in [4.78, 5) is 2.25. The van der Waals surface area contributed by atoms with Gasteiger partial charge in [-0.3, -0.25) is 0 Å². The highest BCUT2D eigenvalue weighted by atomic mass is 15.2. The second kappa shape index (κ2) is 3.16. The Balaban J connectivity index is 0.000000112. The van der Waals surface area contributed by atoms with Crippen LogP contribution in [0, 0.1) is 0 Å². The van der Waals surface area contributed by atoms with Crippen molar-refractivity contribution in [1.29, 1.82) is 0 Å². The Kier molecular flexibility index (Phi) is 3.14. The van der Waals surface area contributed by atoms with Crippen LogP contribution in [0.5, 0.6) is 0 Å². The van der Waals surface area contributed by atoms with Gasteiger partial charge in [-0.1, -0.05) is 13.8 Å². The molecule has 6 heavy (non-hydrogen) atoms. The summed E-state index contributed by atoms with van der Waals surface area (Å²) in [5, 5.41) is 0. The molecule has 1 aliphatic rings. The third-order valence-corrected chi connectivity index (χ3v) is 0.671. The quantitative estimate of drug-likeness (QED) is 0.398. The van der Waals surface area contributed by atoms with Crippen molar-refractivity contribution >= 4 is 0 Å². The Morgan fingerprint density at radius 2 is 1.33 bits per heavy atom. The molecule has 1 heteroatoms. The van der Waals surface area contributed by atoms with Gasteiger partial charge in [-0.2, -0.15) is 0 Å². The minimum atomic E-state index is 1.32. The van der Waals surface area contributed by atoms with E-state index in [2.05, 4.69) is 11.9 Å². The Morgan fingerprint density at radius 1 is 1.17 bits per heavy atom. The maximum atomic E-state index is 2.25. The van der Waals surface area contributed by atoms with Crippen molar-refractivity contribution in [2.75, 3.05) is 20.1 Å². The number of rotatable bonds is 0. The van der Waals surface area contributed by atoms with E-state index in [0.29, 0.717) is 0 Å². The molecule has 1 heterocycles. The molecule has 0 aliphatic carbocycles. The van der Waals surface area contributed by atoms with Crippen LogP contribution < -0.4 is 0 Å². The van der Waals surface area contributed by atoms with Crippen LogP contribution in [-0.4, -0.2) is 25.0 Å². The normalized spacial score (nSPS) is 18.5. The van der Waals surface area contributed by atoms with E-state index in [-0.39, 0.29) is 0 Å². The van der Waals surface area contributed by atoms with E-state index in [0.717, 1.165) is 0 Å². The number of hydrogen-bond donors (Lipinski definition) is 0. The minimum absolute atomic E-state index is 1.32. The number of hydrogen-bond acceptors (Lipinski definition) is 1. The summed E-state index contributed by atoms with van der Waals surface area (Å²) in [7, 11) is 2.11.